The van der Waals surface area contributed by atoms with E-state index in [1.807, 2.05) is 0 Å². The predicted molar refractivity (Wildman–Crippen MR) is 152 cm³/mol. The molecule has 9 nitrogen and oxygen atoms in total. The molecule has 236 valence electrons. The van der Waals surface area contributed by atoms with Crippen LogP contribution in [0.1, 0.15) is 72.1 Å². The summed E-state index contributed by atoms with van der Waals surface area (Å²) in [7, 11) is 0. The van der Waals surface area contributed by atoms with Crippen molar-refractivity contribution in [2.24, 2.45) is 40.4 Å². The normalized spacial score (nSPS) is 57.3. The second-order valence-electron chi connectivity index (χ2n) is 15.1. The minimum atomic E-state index is -1.50. The number of aliphatic hydroxyl groups excluding tert-OH is 5. The van der Waals surface area contributed by atoms with Gasteiger partial charge >= 0.3 is 0 Å². The Balaban J connectivity index is 1.15. The summed E-state index contributed by atoms with van der Waals surface area (Å²) in [5.41, 5.74) is 2.13. The summed E-state index contributed by atoms with van der Waals surface area (Å²) in [5.74, 6) is 1.55. The first-order chi connectivity index (χ1) is 19.9. The summed E-state index contributed by atoms with van der Waals surface area (Å²) in [4.78, 5) is 0. The van der Waals surface area contributed by atoms with Crippen LogP contribution in [0.4, 0.5) is 0 Å². The molecule has 5 N–H and O–H groups in total. The Morgan fingerprint density at radius 3 is 2.55 bits per heavy atom. The summed E-state index contributed by atoms with van der Waals surface area (Å²) in [6.07, 6.45) is 1.83. The fourth-order valence-corrected chi connectivity index (χ4v) is 11.1. The molecular formula is C33H50O9. The van der Waals surface area contributed by atoms with Crippen LogP contribution in [0.25, 0.3) is 0 Å². The third-order valence-corrected chi connectivity index (χ3v) is 13.3. The van der Waals surface area contributed by atoms with Gasteiger partial charge in [-0.15, -0.1) is 0 Å². The zero-order valence-electron chi connectivity index (χ0n) is 25.2. The van der Waals surface area contributed by atoms with Crippen molar-refractivity contribution in [3.05, 3.63) is 23.8 Å². The third kappa shape index (κ3) is 4.14. The molecule has 3 saturated carbocycles. The Morgan fingerprint density at radius 1 is 1.05 bits per heavy atom. The highest BCUT2D eigenvalue weighted by Gasteiger charge is 2.69. The first-order valence-corrected chi connectivity index (χ1v) is 16.2. The van der Waals surface area contributed by atoms with Crippen molar-refractivity contribution in [3.8, 4) is 0 Å². The number of aliphatic hydroxyl groups is 5. The minimum Gasteiger partial charge on any atom is -0.394 e. The van der Waals surface area contributed by atoms with Gasteiger partial charge in [-0.3, -0.25) is 0 Å². The summed E-state index contributed by atoms with van der Waals surface area (Å²) in [6.45, 7) is 11.3. The molecule has 0 aromatic heterocycles. The molecule has 0 aromatic carbocycles. The van der Waals surface area contributed by atoms with Gasteiger partial charge < -0.3 is 44.5 Å². The van der Waals surface area contributed by atoms with Gasteiger partial charge in [0.2, 0.25) is 0 Å². The van der Waals surface area contributed by atoms with Crippen molar-refractivity contribution < 1.29 is 44.5 Å². The molecule has 3 saturated heterocycles. The highest BCUT2D eigenvalue weighted by molar-refractivity contribution is 5.29. The highest BCUT2D eigenvalue weighted by atomic mass is 16.7. The first kappa shape index (κ1) is 29.8. The van der Waals surface area contributed by atoms with Crippen LogP contribution in [0.5, 0.6) is 0 Å². The van der Waals surface area contributed by atoms with E-state index in [2.05, 4.69) is 33.4 Å². The van der Waals surface area contributed by atoms with E-state index >= 15 is 0 Å². The second-order valence-corrected chi connectivity index (χ2v) is 15.1. The van der Waals surface area contributed by atoms with Crippen molar-refractivity contribution in [1.82, 2.24) is 0 Å². The number of rotatable bonds is 3. The minimum absolute atomic E-state index is 0.149. The van der Waals surface area contributed by atoms with E-state index in [4.69, 9.17) is 18.9 Å². The molecule has 16 atom stereocenters. The molecule has 3 aliphatic heterocycles. The quantitative estimate of drug-likeness (QED) is 0.314. The van der Waals surface area contributed by atoms with Gasteiger partial charge in [0.25, 0.3) is 0 Å². The number of fused-ring (bicyclic) bond motifs is 7. The summed E-state index contributed by atoms with van der Waals surface area (Å²) in [5, 5.41) is 52.1. The molecule has 9 heteroatoms. The molecule has 4 aliphatic carbocycles. The Kier molecular flexibility index (Phi) is 7.33. The third-order valence-electron chi connectivity index (χ3n) is 13.3. The zero-order valence-corrected chi connectivity index (χ0v) is 25.2. The van der Waals surface area contributed by atoms with Crippen molar-refractivity contribution >= 4 is 0 Å². The molecule has 0 bridgehead atoms. The van der Waals surface area contributed by atoms with Crippen LogP contribution >= 0.6 is 0 Å². The SMILES string of the molecule is C=C1CC[C@@]2(OC1)O[C@H]1C[C@H]3[C@@H]4CC=C5C[C@@H](O)C[C@@H](O[C@@H]6O[C@H](CO)[C@H](O)[C@H](O)[C@H]6O)[C@]5(C)[C@H]4CC[C@]3(C)[C@H]1[C@@H]2C. The molecule has 3 heterocycles. The molecule has 7 aliphatic rings. The van der Waals surface area contributed by atoms with Crippen molar-refractivity contribution in [3.63, 3.8) is 0 Å². The largest absolute Gasteiger partial charge is 0.394 e. The van der Waals surface area contributed by atoms with Crippen LogP contribution in [0.2, 0.25) is 0 Å². The lowest BCUT2D eigenvalue weighted by molar-refractivity contribution is -0.324. The Labute approximate surface area is 248 Å². The van der Waals surface area contributed by atoms with Crippen molar-refractivity contribution in [2.75, 3.05) is 13.2 Å². The van der Waals surface area contributed by atoms with Gasteiger partial charge in [0.15, 0.2) is 12.1 Å². The maximum atomic E-state index is 10.9. The number of allylic oxidation sites excluding steroid dienone is 1. The lowest BCUT2D eigenvalue weighted by Gasteiger charge is -2.60. The van der Waals surface area contributed by atoms with Crippen LogP contribution in [0.15, 0.2) is 23.8 Å². The van der Waals surface area contributed by atoms with E-state index in [0.717, 1.165) is 44.1 Å². The van der Waals surface area contributed by atoms with Gasteiger partial charge in [-0.05, 0) is 67.6 Å². The van der Waals surface area contributed by atoms with E-state index < -0.39 is 55.3 Å². The molecule has 0 unspecified atom stereocenters. The van der Waals surface area contributed by atoms with E-state index in [1.54, 1.807) is 0 Å². The van der Waals surface area contributed by atoms with Crippen LogP contribution in [-0.4, -0.2) is 93.6 Å². The van der Waals surface area contributed by atoms with Gasteiger partial charge in [-0.25, -0.2) is 0 Å². The van der Waals surface area contributed by atoms with E-state index in [9.17, 15) is 25.5 Å². The van der Waals surface area contributed by atoms with Gasteiger partial charge in [0.1, 0.15) is 24.4 Å². The van der Waals surface area contributed by atoms with Crippen LogP contribution in [0.3, 0.4) is 0 Å². The Bertz CT molecular complexity index is 1100. The molecule has 0 aromatic rings. The smallest absolute Gasteiger partial charge is 0.187 e. The summed E-state index contributed by atoms with van der Waals surface area (Å²) < 4.78 is 25.5. The maximum absolute atomic E-state index is 10.9. The van der Waals surface area contributed by atoms with E-state index in [0.29, 0.717) is 49.0 Å². The van der Waals surface area contributed by atoms with Crippen LogP contribution in [0, 0.1) is 40.4 Å². The molecule has 0 radical (unpaired) electrons. The topological polar surface area (TPSA) is 138 Å². The van der Waals surface area contributed by atoms with E-state index in [-0.39, 0.29) is 16.9 Å². The molecular weight excluding hydrogens is 540 g/mol. The van der Waals surface area contributed by atoms with Crippen LogP contribution in [-0.2, 0) is 18.9 Å². The summed E-state index contributed by atoms with van der Waals surface area (Å²) in [6, 6.07) is 0. The fraction of sp³-hybridized carbons (Fsp3) is 0.879. The molecule has 6 fully saturated rings. The van der Waals surface area contributed by atoms with E-state index in [1.165, 1.54) is 5.57 Å². The van der Waals surface area contributed by atoms with Crippen molar-refractivity contribution in [2.45, 2.75) is 127 Å². The summed E-state index contributed by atoms with van der Waals surface area (Å²) >= 11 is 0. The zero-order chi connectivity index (χ0) is 29.8. The fourth-order valence-electron chi connectivity index (χ4n) is 11.1. The number of hydrogen-bond donors (Lipinski definition) is 5. The number of ether oxygens (including phenoxy) is 4. The second kappa shape index (κ2) is 10.3. The molecule has 42 heavy (non-hydrogen) atoms. The molecule has 7 rings (SSSR count). The first-order valence-electron chi connectivity index (χ1n) is 16.2. The Morgan fingerprint density at radius 2 is 1.83 bits per heavy atom. The Hall–Kier alpha value is -0.880. The average molecular weight is 591 g/mol. The monoisotopic (exact) mass is 590 g/mol. The van der Waals surface area contributed by atoms with Gasteiger partial charge in [0, 0.05) is 24.2 Å². The lowest BCUT2D eigenvalue weighted by Crippen LogP contribution is -2.62. The van der Waals surface area contributed by atoms with Crippen LogP contribution < -0.4 is 0 Å². The van der Waals surface area contributed by atoms with Gasteiger partial charge in [0.05, 0.1) is 31.5 Å². The maximum Gasteiger partial charge on any atom is 0.187 e. The van der Waals surface area contributed by atoms with Gasteiger partial charge in [-0.1, -0.05) is 44.6 Å². The average Bonchev–Trinajstić information content (AvgIpc) is 3.41. The van der Waals surface area contributed by atoms with Crippen molar-refractivity contribution in [1.29, 1.82) is 0 Å². The lowest BCUT2D eigenvalue weighted by atomic mass is 9.46. The standard InChI is InChI=1S/C33H50O9/c1-16-7-10-33(39-15-16)17(2)26-23(42-33)13-22-20-6-5-18-11-19(35)12-25(32(18,4)21(20)8-9-31(22,26)3)41-30-29(38)28(37)27(36)24(14-34)40-30/h5,17,19-30,34-38H,1,6-15H2,2-4H3/t17-,19+,20+,21-,22-,23-,24+,25+,26-,27-,28-,29+,30-,31-,32-,33+/m0/s1. The molecule has 1 spiro atoms. The number of hydrogen-bond acceptors (Lipinski definition) is 9. The van der Waals surface area contributed by atoms with Gasteiger partial charge in [-0.2, -0.15) is 0 Å². The molecule has 0 amide bonds. The highest BCUT2D eigenvalue weighted by Crippen LogP contribution is 2.70. The predicted octanol–water partition coefficient (Wildman–Crippen LogP) is 2.43.